The van der Waals surface area contributed by atoms with Crippen LogP contribution in [0.4, 0.5) is 0 Å². The minimum Gasteiger partial charge on any atom is -0.286 e. The van der Waals surface area contributed by atoms with Crippen molar-refractivity contribution >= 4 is 28.4 Å². The van der Waals surface area contributed by atoms with Crippen molar-refractivity contribution in [1.29, 1.82) is 0 Å². The summed E-state index contributed by atoms with van der Waals surface area (Å²) < 4.78 is 0. The molecule has 1 unspecified atom stereocenters. The monoisotopic (exact) mass is 362 g/mol. The zero-order valence-corrected chi connectivity index (χ0v) is 15.5. The van der Waals surface area contributed by atoms with Crippen molar-refractivity contribution in [2.45, 2.75) is 31.8 Å². The summed E-state index contributed by atoms with van der Waals surface area (Å²) in [6.45, 7) is 0.600. The molecule has 1 fully saturated rings. The minimum absolute atomic E-state index is 0.137. The Morgan fingerprint density at radius 1 is 1.04 bits per heavy atom. The summed E-state index contributed by atoms with van der Waals surface area (Å²) in [7, 11) is 0. The number of nitrogens with zero attached hydrogens (tertiary/aromatic N) is 2. The summed E-state index contributed by atoms with van der Waals surface area (Å²) in [4.78, 5) is 19.3. The van der Waals surface area contributed by atoms with Crippen LogP contribution < -0.4 is 0 Å². The number of rotatable bonds is 4. The van der Waals surface area contributed by atoms with Gasteiger partial charge in [0.25, 0.3) is 0 Å². The van der Waals surface area contributed by atoms with Gasteiger partial charge in [-0.15, -0.1) is 0 Å². The Morgan fingerprint density at radius 2 is 1.77 bits per heavy atom. The van der Waals surface area contributed by atoms with Crippen molar-refractivity contribution in [3.05, 3.63) is 77.9 Å². The SMILES string of the molecule is O=C1CSC(=NC2CCCC=C2c2ccccc2)N1Cc1ccccc1. The number of hydrogen-bond acceptors (Lipinski definition) is 3. The number of amides is 1. The molecule has 4 heteroatoms. The van der Waals surface area contributed by atoms with E-state index in [0.717, 1.165) is 30.0 Å². The Balaban J connectivity index is 1.60. The topological polar surface area (TPSA) is 32.7 Å². The lowest BCUT2D eigenvalue weighted by Crippen LogP contribution is -2.30. The first kappa shape index (κ1) is 17.1. The first-order valence-electron chi connectivity index (χ1n) is 9.11. The van der Waals surface area contributed by atoms with E-state index in [0.29, 0.717) is 12.3 Å². The molecule has 1 atom stereocenters. The van der Waals surface area contributed by atoms with Crippen LogP contribution in [-0.4, -0.2) is 27.8 Å². The van der Waals surface area contributed by atoms with Gasteiger partial charge in [-0.05, 0) is 36.0 Å². The zero-order chi connectivity index (χ0) is 17.8. The van der Waals surface area contributed by atoms with E-state index in [4.69, 9.17) is 4.99 Å². The normalized spacial score (nSPS) is 21.9. The number of benzene rings is 2. The molecule has 26 heavy (non-hydrogen) atoms. The van der Waals surface area contributed by atoms with Crippen molar-refractivity contribution in [3.63, 3.8) is 0 Å². The van der Waals surface area contributed by atoms with E-state index in [1.165, 1.54) is 11.1 Å². The second-order valence-corrected chi connectivity index (χ2v) is 7.58. The lowest BCUT2D eigenvalue weighted by atomic mass is 9.89. The number of aliphatic imine (C=N–C) groups is 1. The lowest BCUT2D eigenvalue weighted by molar-refractivity contribution is -0.124. The highest BCUT2D eigenvalue weighted by atomic mass is 32.2. The van der Waals surface area contributed by atoms with Crippen LogP contribution in [0.25, 0.3) is 5.57 Å². The highest BCUT2D eigenvalue weighted by Gasteiger charge is 2.30. The second kappa shape index (κ2) is 7.92. The van der Waals surface area contributed by atoms with E-state index in [9.17, 15) is 4.79 Å². The third kappa shape index (κ3) is 3.75. The molecule has 2 aromatic rings. The Hall–Kier alpha value is -2.33. The molecule has 132 valence electrons. The van der Waals surface area contributed by atoms with E-state index < -0.39 is 0 Å². The summed E-state index contributed by atoms with van der Waals surface area (Å²) >= 11 is 1.57. The van der Waals surface area contributed by atoms with Gasteiger partial charge in [0.05, 0.1) is 18.3 Å². The van der Waals surface area contributed by atoms with Crippen LogP contribution in [0.5, 0.6) is 0 Å². The van der Waals surface area contributed by atoms with Crippen LogP contribution in [0, 0.1) is 0 Å². The minimum atomic E-state index is 0.137. The third-order valence-corrected chi connectivity index (χ3v) is 5.79. The van der Waals surface area contributed by atoms with Gasteiger partial charge in [-0.1, -0.05) is 78.5 Å². The summed E-state index contributed by atoms with van der Waals surface area (Å²) in [5.74, 6) is 0.640. The lowest BCUT2D eigenvalue weighted by Gasteiger charge is -2.24. The smallest absolute Gasteiger partial charge is 0.239 e. The second-order valence-electron chi connectivity index (χ2n) is 6.64. The Bertz CT molecular complexity index is 830. The molecule has 0 bridgehead atoms. The molecule has 1 amide bonds. The summed E-state index contributed by atoms with van der Waals surface area (Å²) in [5, 5.41) is 0.868. The molecule has 0 aromatic heterocycles. The largest absolute Gasteiger partial charge is 0.286 e. The first-order valence-corrected chi connectivity index (χ1v) is 10.1. The van der Waals surface area contributed by atoms with Gasteiger partial charge in [-0.2, -0.15) is 0 Å². The fourth-order valence-electron chi connectivity index (χ4n) is 3.49. The van der Waals surface area contributed by atoms with Gasteiger partial charge in [0.2, 0.25) is 5.91 Å². The Morgan fingerprint density at radius 3 is 2.54 bits per heavy atom. The molecule has 1 saturated heterocycles. The predicted molar refractivity (Wildman–Crippen MR) is 109 cm³/mol. The molecule has 4 rings (SSSR count). The quantitative estimate of drug-likeness (QED) is 0.786. The van der Waals surface area contributed by atoms with E-state index in [1.54, 1.807) is 11.8 Å². The molecule has 0 N–H and O–H groups in total. The van der Waals surface area contributed by atoms with Gasteiger partial charge >= 0.3 is 0 Å². The summed E-state index contributed by atoms with van der Waals surface area (Å²) in [6, 6.07) is 20.8. The maximum absolute atomic E-state index is 12.4. The molecular weight excluding hydrogens is 340 g/mol. The average molecular weight is 362 g/mol. The molecule has 1 heterocycles. The number of carbonyl (C=O) groups is 1. The molecule has 1 aliphatic carbocycles. The number of thioether (sulfide) groups is 1. The highest BCUT2D eigenvalue weighted by molar-refractivity contribution is 8.15. The highest BCUT2D eigenvalue weighted by Crippen LogP contribution is 2.32. The number of carbonyl (C=O) groups excluding carboxylic acids is 1. The van der Waals surface area contributed by atoms with Crippen LogP contribution >= 0.6 is 11.8 Å². The van der Waals surface area contributed by atoms with E-state index in [2.05, 4.69) is 42.5 Å². The summed E-state index contributed by atoms with van der Waals surface area (Å²) in [6.07, 6.45) is 5.61. The molecule has 3 nitrogen and oxygen atoms in total. The van der Waals surface area contributed by atoms with Crippen LogP contribution in [-0.2, 0) is 11.3 Å². The molecule has 0 saturated carbocycles. The molecule has 0 radical (unpaired) electrons. The predicted octanol–water partition coefficient (Wildman–Crippen LogP) is 4.75. The van der Waals surface area contributed by atoms with E-state index >= 15 is 0 Å². The van der Waals surface area contributed by atoms with Crippen molar-refractivity contribution in [3.8, 4) is 0 Å². The van der Waals surface area contributed by atoms with Gasteiger partial charge in [0.1, 0.15) is 0 Å². The maximum Gasteiger partial charge on any atom is 0.239 e. The van der Waals surface area contributed by atoms with Gasteiger partial charge in [-0.3, -0.25) is 14.7 Å². The Labute approximate surface area is 158 Å². The zero-order valence-electron chi connectivity index (χ0n) is 14.7. The number of hydrogen-bond donors (Lipinski definition) is 0. The van der Waals surface area contributed by atoms with Gasteiger partial charge in [0, 0.05) is 0 Å². The van der Waals surface area contributed by atoms with Crippen molar-refractivity contribution < 1.29 is 4.79 Å². The van der Waals surface area contributed by atoms with Crippen molar-refractivity contribution in [2.75, 3.05) is 5.75 Å². The maximum atomic E-state index is 12.4. The molecule has 2 aromatic carbocycles. The van der Waals surface area contributed by atoms with E-state index in [1.807, 2.05) is 29.2 Å². The fourth-order valence-corrected chi connectivity index (χ4v) is 4.42. The number of allylic oxidation sites excluding steroid dienone is 1. The van der Waals surface area contributed by atoms with Gasteiger partial charge in [-0.25, -0.2) is 0 Å². The average Bonchev–Trinajstić information content (AvgIpc) is 3.03. The molecule has 0 spiro atoms. The van der Waals surface area contributed by atoms with Gasteiger partial charge < -0.3 is 0 Å². The van der Waals surface area contributed by atoms with Crippen molar-refractivity contribution in [2.24, 2.45) is 4.99 Å². The third-order valence-electron chi connectivity index (χ3n) is 4.82. The van der Waals surface area contributed by atoms with Crippen LogP contribution in [0.2, 0.25) is 0 Å². The van der Waals surface area contributed by atoms with Crippen LogP contribution in [0.3, 0.4) is 0 Å². The van der Waals surface area contributed by atoms with E-state index in [-0.39, 0.29) is 11.9 Å². The van der Waals surface area contributed by atoms with Gasteiger partial charge in [0.15, 0.2) is 5.17 Å². The first-order chi connectivity index (χ1) is 12.8. The molecule has 1 aliphatic heterocycles. The molecular formula is C22H22N2OS. The van der Waals surface area contributed by atoms with Crippen LogP contribution in [0.1, 0.15) is 30.4 Å². The van der Waals surface area contributed by atoms with Crippen LogP contribution in [0.15, 0.2) is 71.7 Å². The molecule has 2 aliphatic rings. The standard InChI is InChI=1S/C22H22N2OS/c25-21-16-26-22(24(21)15-17-9-3-1-4-10-17)23-20-14-8-7-13-19(20)18-11-5-2-6-12-18/h1-6,9-13,20H,7-8,14-16H2. The summed E-state index contributed by atoms with van der Waals surface area (Å²) in [5.41, 5.74) is 3.67. The van der Waals surface area contributed by atoms with Crippen molar-refractivity contribution in [1.82, 2.24) is 4.90 Å². The number of amidine groups is 1. The fraction of sp³-hybridized carbons (Fsp3) is 0.273. The Kier molecular flexibility index (Phi) is 5.21.